The molecule has 2 amide bonds. The first-order valence-electron chi connectivity index (χ1n) is 16.7. The van der Waals surface area contributed by atoms with Crippen molar-refractivity contribution in [3.8, 4) is 23.0 Å². The van der Waals surface area contributed by atoms with E-state index >= 15 is 0 Å². The molecule has 0 fully saturated rings. The molecule has 272 valence electrons. The molecule has 5 aromatic carbocycles. The first kappa shape index (κ1) is 38.3. The fraction of sp³-hybridized carbons (Fsp3) is 0.171. The quantitative estimate of drug-likeness (QED) is 0.0747. The Balaban J connectivity index is 0.000000204. The van der Waals surface area contributed by atoms with E-state index in [9.17, 15) is 24.9 Å². The highest BCUT2D eigenvalue weighted by Crippen LogP contribution is 2.48. The summed E-state index contributed by atoms with van der Waals surface area (Å²) >= 11 is 10.6. The van der Waals surface area contributed by atoms with Crippen LogP contribution in [0.4, 0.5) is 0 Å². The molecule has 0 aliphatic carbocycles. The second-order valence-electron chi connectivity index (χ2n) is 12.4. The minimum absolute atomic E-state index is 0.0168. The number of phenols is 3. The monoisotopic (exact) mass is 748 g/mol. The van der Waals surface area contributed by atoms with Crippen molar-refractivity contribution in [2.75, 3.05) is 20.7 Å². The molecule has 6 rings (SSSR count). The van der Waals surface area contributed by atoms with Crippen LogP contribution in [0.15, 0.2) is 121 Å². The summed E-state index contributed by atoms with van der Waals surface area (Å²) in [6.45, 7) is 2.32. The molecule has 0 aromatic heterocycles. The third kappa shape index (κ3) is 9.67. The largest absolute Gasteiger partial charge is 0.508 e. The molecule has 53 heavy (non-hydrogen) atoms. The van der Waals surface area contributed by atoms with Crippen molar-refractivity contribution in [3.63, 3.8) is 0 Å². The van der Waals surface area contributed by atoms with Gasteiger partial charge in [0.1, 0.15) is 39.4 Å². The molecule has 0 saturated carbocycles. The zero-order valence-corrected chi connectivity index (χ0v) is 31.0. The Hall–Kier alpha value is -5.98. The predicted molar refractivity (Wildman–Crippen MR) is 212 cm³/mol. The summed E-state index contributed by atoms with van der Waals surface area (Å²) < 4.78 is 6.04. The first-order chi connectivity index (χ1) is 25.4. The Kier molecular flexibility index (Phi) is 12.6. The Labute approximate surface area is 319 Å². The van der Waals surface area contributed by atoms with Gasteiger partial charge in [0.05, 0.1) is 6.61 Å². The number of aromatic hydroxyl groups is 3. The molecule has 0 radical (unpaired) electrons. The number of nitrogens with one attached hydrogen (secondary N) is 2. The minimum Gasteiger partial charge on any atom is -0.508 e. The van der Waals surface area contributed by atoms with Gasteiger partial charge in [-0.15, -0.1) is 0 Å². The lowest BCUT2D eigenvalue weighted by molar-refractivity contribution is -0.132. The minimum atomic E-state index is -0.479. The van der Waals surface area contributed by atoms with Gasteiger partial charge in [-0.2, -0.15) is 0 Å². The van der Waals surface area contributed by atoms with Crippen LogP contribution in [0.5, 0.6) is 23.0 Å². The summed E-state index contributed by atoms with van der Waals surface area (Å²) in [5.41, 5.74) is 10.6. The molecule has 0 unspecified atom stereocenters. The van der Waals surface area contributed by atoms with Gasteiger partial charge in [-0.05, 0) is 48.4 Å². The van der Waals surface area contributed by atoms with Gasteiger partial charge in [0.25, 0.3) is 0 Å². The molecule has 1 aliphatic heterocycles. The van der Waals surface area contributed by atoms with E-state index in [2.05, 4.69) is 10.9 Å². The van der Waals surface area contributed by atoms with Gasteiger partial charge in [-0.3, -0.25) is 30.5 Å². The number of hydrazine groups is 2. The second kappa shape index (κ2) is 17.5. The molecule has 2 atom stereocenters. The number of benzene rings is 5. The Bertz CT molecular complexity index is 1990. The lowest BCUT2D eigenvalue weighted by Gasteiger charge is -2.35. The smallest absolute Gasteiger partial charge is 0.248 e. The standard InChI is InChI=1S/C22H20O4.C19H20N4O2S2/c1-13-20(25)11-10-18-21(15-4-8-17(24)9-5-15)19(12-26-22(13)18)14-2-6-16(23)7-3-14;1-22(18(26)14-9-5-3-6-10-14)20-16(24)13-17(25)21-23(2)19(27)15-11-7-4-8-12-15/h2-11,19,21,23-25H,12H2,1H3;3-12H,13H2,1-2H3,(H,20,24)(H,21,25)/t19-,21-;/m0./s1. The van der Waals surface area contributed by atoms with Crippen LogP contribution in [0.2, 0.25) is 0 Å². The summed E-state index contributed by atoms with van der Waals surface area (Å²) in [6, 6.07) is 36.6. The van der Waals surface area contributed by atoms with Gasteiger partial charge < -0.3 is 20.1 Å². The molecule has 1 heterocycles. The van der Waals surface area contributed by atoms with Crippen molar-refractivity contribution >= 4 is 46.2 Å². The van der Waals surface area contributed by atoms with Crippen LogP contribution in [0.1, 0.15) is 51.6 Å². The van der Waals surface area contributed by atoms with Gasteiger partial charge in [0, 0.05) is 48.2 Å². The van der Waals surface area contributed by atoms with Gasteiger partial charge in [-0.1, -0.05) is 115 Å². The number of phenolic OH excluding ortho intramolecular Hbond substituents is 3. The van der Waals surface area contributed by atoms with E-state index in [1.165, 1.54) is 10.0 Å². The van der Waals surface area contributed by atoms with Crippen LogP contribution < -0.4 is 15.6 Å². The SMILES string of the molecule is CN(NC(=O)CC(=O)NN(C)C(=S)c1ccccc1)C(=S)c1ccccc1.Cc1c(O)ccc2c1OC[C@@H](c1ccc(O)cc1)[C@H]2c1ccc(O)cc1. The van der Waals surface area contributed by atoms with Crippen LogP contribution in [-0.4, -0.2) is 67.8 Å². The van der Waals surface area contributed by atoms with E-state index < -0.39 is 11.8 Å². The van der Waals surface area contributed by atoms with Gasteiger partial charge in [-0.25, -0.2) is 0 Å². The van der Waals surface area contributed by atoms with Crippen molar-refractivity contribution in [1.82, 2.24) is 20.9 Å². The van der Waals surface area contributed by atoms with Crippen molar-refractivity contribution in [1.29, 1.82) is 0 Å². The topological polar surface area (TPSA) is 135 Å². The van der Waals surface area contributed by atoms with Gasteiger partial charge in [0.2, 0.25) is 11.8 Å². The number of amides is 2. The normalized spacial score (nSPS) is 14.2. The zero-order valence-electron chi connectivity index (χ0n) is 29.4. The van der Waals surface area contributed by atoms with Crippen molar-refractivity contribution in [3.05, 3.63) is 155 Å². The summed E-state index contributed by atoms with van der Waals surface area (Å²) in [5, 5.41) is 32.1. The maximum Gasteiger partial charge on any atom is 0.248 e. The zero-order chi connectivity index (χ0) is 38.1. The van der Waals surface area contributed by atoms with Crippen LogP contribution in [0, 0.1) is 6.92 Å². The number of carbonyl (C=O) groups excluding carboxylic acids is 2. The summed E-state index contributed by atoms with van der Waals surface area (Å²) in [4.78, 5) is 25.1. The van der Waals surface area contributed by atoms with Crippen molar-refractivity contribution in [2.45, 2.75) is 25.2 Å². The Morgan fingerprint density at radius 2 is 1.13 bits per heavy atom. The van der Waals surface area contributed by atoms with E-state index in [0.29, 0.717) is 16.6 Å². The van der Waals surface area contributed by atoms with Gasteiger partial charge in [0.15, 0.2) is 0 Å². The van der Waals surface area contributed by atoms with Crippen LogP contribution in [0.25, 0.3) is 0 Å². The number of hydrogen-bond donors (Lipinski definition) is 5. The molecular formula is C41H40N4O6S2. The highest BCUT2D eigenvalue weighted by Gasteiger charge is 2.34. The maximum atomic E-state index is 12.1. The van der Waals surface area contributed by atoms with Crippen molar-refractivity contribution < 1.29 is 29.6 Å². The van der Waals surface area contributed by atoms with E-state index in [0.717, 1.165) is 39.1 Å². The van der Waals surface area contributed by atoms with Crippen LogP contribution >= 0.6 is 24.4 Å². The van der Waals surface area contributed by atoms with E-state index in [4.69, 9.17) is 29.2 Å². The van der Waals surface area contributed by atoms with Crippen LogP contribution in [-0.2, 0) is 9.59 Å². The maximum absolute atomic E-state index is 12.1. The Morgan fingerprint density at radius 3 is 1.60 bits per heavy atom. The highest BCUT2D eigenvalue weighted by molar-refractivity contribution is 7.80. The second-order valence-corrected chi connectivity index (χ2v) is 13.2. The molecule has 5 aromatic rings. The molecule has 0 spiro atoms. The number of fused-ring (bicyclic) bond motifs is 1. The van der Waals surface area contributed by atoms with E-state index in [1.807, 2.05) is 97.9 Å². The molecule has 10 nitrogen and oxygen atoms in total. The van der Waals surface area contributed by atoms with E-state index in [1.54, 1.807) is 44.4 Å². The van der Waals surface area contributed by atoms with Crippen LogP contribution in [0.3, 0.4) is 0 Å². The molecule has 0 bridgehead atoms. The molecule has 12 heteroatoms. The molecule has 5 N–H and O–H groups in total. The lowest BCUT2D eigenvalue weighted by atomic mass is 9.75. The summed E-state index contributed by atoms with van der Waals surface area (Å²) in [5.74, 6) is 0.505. The summed E-state index contributed by atoms with van der Waals surface area (Å²) in [6.07, 6.45) is -0.358. The molecular weight excluding hydrogens is 709 g/mol. The fourth-order valence-corrected chi connectivity index (χ4v) is 6.34. The van der Waals surface area contributed by atoms with Crippen molar-refractivity contribution in [2.24, 2.45) is 0 Å². The Morgan fingerprint density at radius 1 is 0.679 bits per heavy atom. The molecule has 1 aliphatic rings. The van der Waals surface area contributed by atoms with Gasteiger partial charge >= 0.3 is 0 Å². The summed E-state index contributed by atoms with van der Waals surface area (Å²) in [7, 11) is 3.25. The number of nitrogens with zero attached hydrogens (tertiary/aromatic N) is 2. The van der Waals surface area contributed by atoms with E-state index in [-0.39, 0.29) is 35.5 Å². The predicted octanol–water partition coefficient (Wildman–Crippen LogP) is 6.47. The lowest BCUT2D eigenvalue weighted by Crippen LogP contribution is -2.47. The highest BCUT2D eigenvalue weighted by atomic mass is 32.1. The first-order valence-corrected chi connectivity index (χ1v) is 17.5. The number of thiocarbonyl (C=S) groups is 2. The number of ether oxygens (including phenoxy) is 1. The number of rotatable bonds is 6. The third-order valence-electron chi connectivity index (χ3n) is 8.68. The average molecular weight is 749 g/mol. The molecule has 0 saturated heterocycles. The number of carbonyl (C=O) groups is 2. The fourth-order valence-electron chi connectivity index (χ4n) is 5.98. The third-order valence-corrected chi connectivity index (χ3v) is 9.70. The number of hydrogen-bond acceptors (Lipinski definition) is 8. The average Bonchev–Trinajstić information content (AvgIpc) is 3.16.